The van der Waals surface area contributed by atoms with Gasteiger partial charge in [0.25, 0.3) is 11.6 Å². The minimum atomic E-state index is -0.459. The van der Waals surface area contributed by atoms with Gasteiger partial charge in [-0.1, -0.05) is 38.1 Å². The van der Waals surface area contributed by atoms with Crippen LogP contribution in [0.3, 0.4) is 0 Å². The lowest BCUT2D eigenvalue weighted by Gasteiger charge is -2.24. The van der Waals surface area contributed by atoms with Crippen LogP contribution in [0.4, 0.5) is 5.69 Å². The van der Waals surface area contributed by atoms with Crippen molar-refractivity contribution in [3.8, 4) is 0 Å². The molecule has 5 nitrogen and oxygen atoms in total. The Morgan fingerprint density at radius 3 is 2.36 bits per heavy atom. The van der Waals surface area contributed by atoms with Crippen LogP contribution >= 0.6 is 11.8 Å². The maximum Gasteiger partial charge on any atom is 0.269 e. The molecule has 0 aliphatic carbocycles. The fourth-order valence-corrected chi connectivity index (χ4v) is 4.15. The molecule has 0 unspecified atom stereocenters. The summed E-state index contributed by atoms with van der Waals surface area (Å²) in [7, 11) is 0. The predicted octanol–water partition coefficient (Wildman–Crippen LogP) is 4.61. The van der Waals surface area contributed by atoms with E-state index in [4.69, 9.17) is 0 Å². The van der Waals surface area contributed by atoms with Gasteiger partial charge in [0.05, 0.1) is 4.92 Å². The van der Waals surface area contributed by atoms with E-state index >= 15 is 0 Å². The second-order valence-electron chi connectivity index (χ2n) is 6.35. The van der Waals surface area contributed by atoms with Crippen LogP contribution in [0.5, 0.6) is 0 Å². The van der Waals surface area contributed by atoms with E-state index in [1.54, 1.807) is 11.8 Å². The van der Waals surface area contributed by atoms with Gasteiger partial charge in [-0.15, -0.1) is 11.8 Å². The van der Waals surface area contributed by atoms with Crippen LogP contribution in [0.25, 0.3) is 0 Å². The maximum absolute atomic E-state index is 12.8. The number of amides is 1. The van der Waals surface area contributed by atoms with Crippen LogP contribution in [0.15, 0.2) is 48.5 Å². The molecule has 2 aromatic carbocycles. The van der Waals surface area contributed by atoms with Gasteiger partial charge in [-0.3, -0.25) is 14.9 Å². The zero-order valence-electron chi connectivity index (χ0n) is 14.2. The molecule has 1 atom stereocenters. The smallest absolute Gasteiger partial charge is 0.269 e. The third-order valence-electron chi connectivity index (χ3n) is 4.37. The van der Waals surface area contributed by atoms with E-state index in [0.717, 1.165) is 11.3 Å². The Kier molecular flexibility index (Phi) is 5.08. The van der Waals surface area contributed by atoms with E-state index in [9.17, 15) is 14.9 Å². The fourth-order valence-electron chi connectivity index (χ4n) is 2.89. The summed E-state index contributed by atoms with van der Waals surface area (Å²) in [4.78, 5) is 25.0. The van der Waals surface area contributed by atoms with Crippen molar-refractivity contribution in [2.24, 2.45) is 0 Å². The number of carbonyl (C=O) groups is 1. The van der Waals surface area contributed by atoms with Crippen molar-refractivity contribution in [1.82, 2.24) is 4.90 Å². The van der Waals surface area contributed by atoms with Crippen molar-refractivity contribution >= 4 is 23.4 Å². The standard InChI is InChI=1S/C19H20N2O3S/c1-13(2)14-3-5-16(6-4-14)19-20(11-12-25-19)18(22)15-7-9-17(10-8-15)21(23)24/h3-10,13,19H,11-12H2,1-2H3/t19-/m1/s1. The van der Waals surface area contributed by atoms with Gasteiger partial charge >= 0.3 is 0 Å². The van der Waals surface area contributed by atoms with Gasteiger partial charge in [0, 0.05) is 30.0 Å². The SMILES string of the molecule is CC(C)c1ccc([C@H]2SCCN2C(=O)c2ccc([N+](=O)[O-])cc2)cc1. The average Bonchev–Trinajstić information content (AvgIpc) is 3.11. The number of nitrogens with zero attached hydrogens (tertiary/aromatic N) is 2. The van der Waals surface area contributed by atoms with Crippen molar-refractivity contribution in [2.75, 3.05) is 12.3 Å². The highest BCUT2D eigenvalue weighted by Crippen LogP contribution is 2.39. The lowest BCUT2D eigenvalue weighted by Crippen LogP contribution is -2.30. The molecule has 0 radical (unpaired) electrons. The Morgan fingerprint density at radius 2 is 1.80 bits per heavy atom. The van der Waals surface area contributed by atoms with E-state index in [1.807, 2.05) is 4.90 Å². The second-order valence-corrected chi connectivity index (χ2v) is 7.54. The number of thioether (sulfide) groups is 1. The molecule has 6 heteroatoms. The molecule has 0 spiro atoms. The van der Waals surface area contributed by atoms with Gasteiger partial charge in [0.15, 0.2) is 0 Å². The molecule has 1 aliphatic rings. The number of carbonyl (C=O) groups excluding carboxylic acids is 1. The van der Waals surface area contributed by atoms with Gasteiger partial charge in [-0.05, 0) is 29.2 Å². The second kappa shape index (κ2) is 7.27. The molecular weight excluding hydrogens is 336 g/mol. The predicted molar refractivity (Wildman–Crippen MR) is 99.9 cm³/mol. The molecule has 1 aliphatic heterocycles. The molecule has 0 saturated carbocycles. The molecule has 1 fully saturated rings. The monoisotopic (exact) mass is 356 g/mol. The van der Waals surface area contributed by atoms with E-state index < -0.39 is 4.92 Å². The molecule has 25 heavy (non-hydrogen) atoms. The first-order valence-corrected chi connectivity index (χ1v) is 9.29. The molecule has 1 amide bonds. The first kappa shape index (κ1) is 17.5. The molecule has 130 valence electrons. The van der Waals surface area contributed by atoms with Crippen molar-refractivity contribution < 1.29 is 9.72 Å². The van der Waals surface area contributed by atoms with E-state index in [-0.39, 0.29) is 17.0 Å². The number of hydrogen-bond donors (Lipinski definition) is 0. The largest absolute Gasteiger partial charge is 0.322 e. The summed E-state index contributed by atoms with van der Waals surface area (Å²) in [6.07, 6.45) is 0. The van der Waals surface area contributed by atoms with E-state index in [0.29, 0.717) is 18.0 Å². The van der Waals surface area contributed by atoms with E-state index in [1.165, 1.54) is 29.8 Å². The number of non-ortho nitro benzene ring substituents is 1. The first-order chi connectivity index (χ1) is 12.0. The Balaban J connectivity index is 1.80. The summed E-state index contributed by atoms with van der Waals surface area (Å²) < 4.78 is 0. The van der Waals surface area contributed by atoms with Gasteiger partial charge in [-0.25, -0.2) is 0 Å². The lowest BCUT2D eigenvalue weighted by atomic mass is 10.0. The Bertz CT molecular complexity index is 772. The molecule has 0 N–H and O–H groups in total. The van der Waals surface area contributed by atoms with Gasteiger partial charge in [-0.2, -0.15) is 0 Å². The van der Waals surface area contributed by atoms with E-state index in [2.05, 4.69) is 38.1 Å². The Hall–Kier alpha value is -2.34. The van der Waals surface area contributed by atoms with Gasteiger partial charge in [0.2, 0.25) is 0 Å². The Morgan fingerprint density at radius 1 is 1.16 bits per heavy atom. The molecule has 0 bridgehead atoms. The van der Waals surface area contributed by atoms with Crippen LogP contribution in [-0.4, -0.2) is 28.0 Å². The summed E-state index contributed by atoms with van der Waals surface area (Å²) in [5.74, 6) is 1.27. The highest BCUT2D eigenvalue weighted by atomic mass is 32.2. The van der Waals surface area contributed by atoms with Crippen LogP contribution in [0.1, 0.15) is 46.6 Å². The summed E-state index contributed by atoms with van der Waals surface area (Å²) in [6.45, 7) is 4.99. The third-order valence-corrected chi connectivity index (χ3v) is 5.63. The van der Waals surface area contributed by atoms with Crippen molar-refractivity contribution in [2.45, 2.75) is 25.1 Å². The third kappa shape index (κ3) is 3.69. The van der Waals surface area contributed by atoms with Crippen LogP contribution in [0.2, 0.25) is 0 Å². The number of nitro groups is 1. The highest BCUT2D eigenvalue weighted by molar-refractivity contribution is 7.99. The molecule has 0 aromatic heterocycles. The first-order valence-electron chi connectivity index (χ1n) is 8.24. The maximum atomic E-state index is 12.8. The zero-order valence-corrected chi connectivity index (χ0v) is 15.0. The minimum Gasteiger partial charge on any atom is -0.322 e. The molecule has 3 rings (SSSR count). The van der Waals surface area contributed by atoms with Crippen molar-refractivity contribution in [1.29, 1.82) is 0 Å². The lowest BCUT2D eigenvalue weighted by molar-refractivity contribution is -0.384. The van der Waals surface area contributed by atoms with Crippen molar-refractivity contribution in [3.05, 3.63) is 75.3 Å². The average molecular weight is 356 g/mol. The number of nitro benzene ring substituents is 1. The summed E-state index contributed by atoms with van der Waals surface area (Å²) in [5.41, 5.74) is 2.87. The van der Waals surface area contributed by atoms with Crippen LogP contribution in [-0.2, 0) is 0 Å². The molecule has 1 heterocycles. The zero-order chi connectivity index (χ0) is 18.0. The van der Waals surface area contributed by atoms with Gasteiger partial charge < -0.3 is 4.90 Å². The molecular formula is C19H20N2O3S. The molecule has 2 aromatic rings. The fraction of sp³-hybridized carbons (Fsp3) is 0.316. The number of hydrogen-bond acceptors (Lipinski definition) is 4. The molecule has 1 saturated heterocycles. The van der Waals surface area contributed by atoms with Crippen molar-refractivity contribution in [3.63, 3.8) is 0 Å². The Labute approximate surface area is 151 Å². The minimum absolute atomic E-state index is 0.00632. The van der Waals surface area contributed by atoms with Crippen LogP contribution < -0.4 is 0 Å². The number of rotatable bonds is 4. The summed E-state index contributed by atoms with van der Waals surface area (Å²) in [5, 5.41) is 10.7. The highest BCUT2D eigenvalue weighted by Gasteiger charge is 2.31. The topological polar surface area (TPSA) is 63.5 Å². The summed E-state index contributed by atoms with van der Waals surface area (Å²) >= 11 is 1.75. The normalized spacial score (nSPS) is 17.1. The summed E-state index contributed by atoms with van der Waals surface area (Å²) in [6, 6.07) is 14.2. The number of benzene rings is 2. The van der Waals surface area contributed by atoms with Crippen LogP contribution in [0, 0.1) is 10.1 Å². The van der Waals surface area contributed by atoms with Gasteiger partial charge in [0.1, 0.15) is 5.37 Å². The quantitative estimate of drug-likeness (QED) is 0.593.